The molecule has 14 heavy (non-hydrogen) atoms. The molecule has 0 aliphatic rings. The van der Waals surface area contributed by atoms with Gasteiger partial charge in [-0.25, -0.2) is 0 Å². The second kappa shape index (κ2) is 7.76. The third kappa shape index (κ3) is 6.86. The summed E-state index contributed by atoms with van der Waals surface area (Å²) in [4.78, 5) is 13.1. The first-order valence-corrected chi connectivity index (χ1v) is 5.25. The Bertz CT molecular complexity index is 159. The number of hydrogen-bond acceptors (Lipinski definition) is 3. The number of amides is 1. The van der Waals surface area contributed by atoms with Crippen molar-refractivity contribution in [2.45, 2.75) is 32.2 Å². The predicted molar refractivity (Wildman–Crippen MR) is 59.1 cm³/mol. The molecule has 1 amide bonds. The van der Waals surface area contributed by atoms with E-state index in [1.165, 1.54) is 0 Å². The minimum atomic E-state index is -0.239. The molecule has 0 saturated heterocycles. The first kappa shape index (κ1) is 13.4. The molecule has 0 saturated carbocycles. The third-order valence-corrected chi connectivity index (χ3v) is 2.14. The molecular weight excluding hydrogens is 178 g/mol. The fourth-order valence-electron chi connectivity index (χ4n) is 1.22. The molecule has 0 spiro atoms. The summed E-state index contributed by atoms with van der Waals surface area (Å²) in [6.45, 7) is 3.85. The highest BCUT2D eigenvalue weighted by Crippen LogP contribution is 1.99. The number of carbonyl (C=O) groups excluding carboxylic acids is 1. The van der Waals surface area contributed by atoms with Gasteiger partial charge in [0, 0.05) is 13.1 Å². The number of carbonyl (C=O) groups is 1. The maximum Gasteiger partial charge on any atom is 0.234 e. The van der Waals surface area contributed by atoms with Gasteiger partial charge in [-0.1, -0.05) is 19.8 Å². The summed E-state index contributed by atoms with van der Waals surface area (Å²) in [5, 5.41) is 3.17. The van der Waals surface area contributed by atoms with Crippen molar-refractivity contribution in [3.8, 4) is 0 Å². The molecule has 1 atom stereocenters. The highest BCUT2D eigenvalue weighted by atomic mass is 16.1. The molecule has 0 aromatic rings. The average Bonchev–Trinajstić information content (AvgIpc) is 2.09. The third-order valence-electron chi connectivity index (χ3n) is 2.14. The molecule has 0 aliphatic carbocycles. The second-order valence-corrected chi connectivity index (χ2v) is 3.85. The zero-order chi connectivity index (χ0) is 11.0. The van der Waals surface area contributed by atoms with Gasteiger partial charge in [0.25, 0.3) is 0 Å². The van der Waals surface area contributed by atoms with Crippen molar-refractivity contribution >= 4 is 5.91 Å². The molecule has 0 aliphatic heterocycles. The van der Waals surface area contributed by atoms with Gasteiger partial charge in [0.15, 0.2) is 0 Å². The number of rotatable bonds is 8. The van der Waals surface area contributed by atoms with Crippen LogP contribution in [0.5, 0.6) is 0 Å². The van der Waals surface area contributed by atoms with Gasteiger partial charge in [0.05, 0.1) is 6.04 Å². The molecule has 0 aromatic carbocycles. The minimum Gasteiger partial charge on any atom is -0.368 e. The van der Waals surface area contributed by atoms with Crippen molar-refractivity contribution in [1.82, 2.24) is 10.2 Å². The van der Waals surface area contributed by atoms with Gasteiger partial charge < -0.3 is 16.0 Å². The Balaban J connectivity index is 3.68. The molecule has 0 heterocycles. The maximum atomic E-state index is 11.0. The summed E-state index contributed by atoms with van der Waals surface area (Å²) in [6.07, 6.45) is 2.99. The molecule has 0 radical (unpaired) electrons. The van der Waals surface area contributed by atoms with E-state index < -0.39 is 0 Å². The number of nitrogens with one attached hydrogen (secondary N) is 1. The number of hydrogen-bond donors (Lipinski definition) is 2. The van der Waals surface area contributed by atoms with Crippen LogP contribution in [-0.4, -0.2) is 44.0 Å². The maximum absolute atomic E-state index is 11.0. The lowest BCUT2D eigenvalue weighted by atomic mass is 10.1. The summed E-state index contributed by atoms with van der Waals surface area (Å²) in [7, 11) is 4.01. The highest BCUT2D eigenvalue weighted by Gasteiger charge is 2.12. The summed E-state index contributed by atoms with van der Waals surface area (Å²) in [6, 6.07) is -0.158. The van der Waals surface area contributed by atoms with Crippen LogP contribution in [0, 0.1) is 0 Å². The molecule has 3 N–H and O–H groups in total. The van der Waals surface area contributed by atoms with Crippen molar-refractivity contribution < 1.29 is 4.79 Å². The predicted octanol–water partition coefficient (Wildman–Crippen LogP) is 0.182. The number of unbranched alkanes of at least 4 members (excludes halogenated alkanes) is 1. The van der Waals surface area contributed by atoms with Gasteiger partial charge in [-0.15, -0.1) is 0 Å². The van der Waals surface area contributed by atoms with E-state index in [0.29, 0.717) is 0 Å². The quantitative estimate of drug-likeness (QED) is 0.589. The van der Waals surface area contributed by atoms with E-state index in [1.54, 1.807) is 0 Å². The molecule has 84 valence electrons. The van der Waals surface area contributed by atoms with Crippen molar-refractivity contribution in [3.63, 3.8) is 0 Å². The Kier molecular flexibility index (Phi) is 7.42. The van der Waals surface area contributed by atoms with Gasteiger partial charge in [-0.3, -0.25) is 4.79 Å². The standard InChI is InChI=1S/C10H23N3O/c1-4-5-6-9(10(11)14)12-7-8-13(2)3/h9,12H,4-8H2,1-3H3,(H2,11,14). The van der Waals surface area contributed by atoms with Crippen molar-refractivity contribution in [1.29, 1.82) is 0 Å². The lowest BCUT2D eigenvalue weighted by Gasteiger charge is -2.16. The summed E-state index contributed by atoms with van der Waals surface area (Å²) in [5.74, 6) is -0.239. The van der Waals surface area contributed by atoms with Gasteiger partial charge >= 0.3 is 0 Å². The van der Waals surface area contributed by atoms with Crippen LogP contribution in [0.2, 0.25) is 0 Å². The molecule has 1 unspecified atom stereocenters. The summed E-state index contributed by atoms with van der Waals surface area (Å²) in [5.41, 5.74) is 5.28. The molecule has 0 aromatic heterocycles. The highest BCUT2D eigenvalue weighted by molar-refractivity contribution is 5.79. The molecule has 0 bridgehead atoms. The normalized spacial score (nSPS) is 13.1. The number of primary amides is 1. The van der Waals surface area contributed by atoms with E-state index in [4.69, 9.17) is 5.73 Å². The van der Waals surface area contributed by atoms with Crippen LogP contribution in [-0.2, 0) is 4.79 Å². The largest absolute Gasteiger partial charge is 0.368 e. The molecule has 0 rings (SSSR count). The van der Waals surface area contributed by atoms with Crippen LogP contribution in [0.15, 0.2) is 0 Å². The zero-order valence-electron chi connectivity index (χ0n) is 9.55. The zero-order valence-corrected chi connectivity index (χ0v) is 9.55. The van der Waals surface area contributed by atoms with Crippen molar-refractivity contribution in [3.05, 3.63) is 0 Å². The Morgan fingerprint density at radius 1 is 1.50 bits per heavy atom. The van der Waals surface area contributed by atoms with Crippen LogP contribution >= 0.6 is 0 Å². The Morgan fingerprint density at radius 3 is 2.57 bits per heavy atom. The van der Waals surface area contributed by atoms with Crippen LogP contribution in [0.4, 0.5) is 0 Å². The molecule has 4 heteroatoms. The number of nitrogens with zero attached hydrogens (tertiary/aromatic N) is 1. The van der Waals surface area contributed by atoms with E-state index in [1.807, 2.05) is 14.1 Å². The first-order chi connectivity index (χ1) is 6.57. The van der Waals surface area contributed by atoms with Crippen molar-refractivity contribution in [2.24, 2.45) is 5.73 Å². The number of nitrogens with two attached hydrogens (primary N) is 1. The van der Waals surface area contributed by atoms with E-state index in [0.717, 1.165) is 32.4 Å². The molecule has 4 nitrogen and oxygen atoms in total. The smallest absolute Gasteiger partial charge is 0.234 e. The minimum absolute atomic E-state index is 0.158. The lowest BCUT2D eigenvalue weighted by molar-refractivity contribution is -0.120. The Labute approximate surface area is 86.8 Å². The second-order valence-electron chi connectivity index (χ2n) is 3.85. The van der Waals surface area contributed by atoms with Crippen LogP contribution in [0.1, 0.15) is 26.2 Å². The summed E-state index contributed by atoms with van der Waals surface area (Å²) < 4.78 is 0. The van der Waals surface area contributed by atoms with E-state index in [2.05, 4.69) is 17.1 Å². The Hall–Kier alpha value is -0.610. The average molecular weight is 201 g/mol. The van der Waals surface area contributed by atoms with Gasteiger partial charge in [-0.05, 0) is 20.5 Å². The van der Waals surface area contributed by atoms with Crippen LogP contribution < -0.4 is 11.1 Å². The Morgan fingerprint density at radius 2 is 2.14 bits per heavy atom. The first-order valence-electron chi connectivity index (χ1n) is 5.25. The summed E-state index contributed by atoms with van der Waals surface area (Å²) >= 11 is 0. The fraction of sp³-hybridized carbons (Fsp3) is 0.900. The lowest BCUT2D eigenvalue weighted by Crippen LogP contribution is -2.43. The molecule has 0 fully saturated rings. The fourth-order valence-corrected chi connectivity index (χ4v) is 1.22. The van der Waals surface area contributed by atoms with Crippen LogP contribution in [0.3, 0.4) is 0 Å². The molecular formula is C10H23N3O. The van der Waals surface area contributed by atoms with E-state index >= 15 is 0 Å². The van der Waals surface area contributed by atoms with E-state index in [9.17, 15) is 4.79 Å². The topological polar surface area (TPSA) is 58.4 Å². The number of likely N-dealkylation sites (N-methyl/N-ethyl adjacent to an activating group) is 1. The monoisotopic (exact) mass is 201 g/mol. The van der Waals surface area contributed by atoms with E-state index in [-0.39, 0.29) is 11.9 Å². The van der Waals surface area contributed by atoms with Gasteiger partial charge in [0.2, 0.25) is 5.91 Å². The van der Waals surface area contributed by atoms with Gasteiger partial charge in [0.1, 0.15) is 0 Å². The van der Waals surface area contributed by atoms with Crippen LogP contribution in [0.25, 0.3) is 0 Å². The van der Waals surface area contributed by atoms with Crippen molar-refractivity contribution in [2.75, 3.05) is 27.2 Å². The van der Waals surface area contributed by atoms with Gasteiger partial charge in [-0.2, -0.15) is 0 Å². The SMILES string of the molecule is CCCCC(NCCN(C)C)C(N)=O.